The molecule has 0 aliphatic carbocycles. The number of hydrogen-bond donors (Lipinski definition) is 0. The van der Waals surface area contributed by atoms with E-state index in [1.165, 1.54) is 69.6 Å². The van der Waals surface area contributed by atoms with E-state index < -0.39 is 0 Å². The number of nitrogens with zero attached hydrogens (tertiary/aromatic N) is 1. The second-order valence-corrected chi connectivity index (χ2v) is 10.5. The number of fused-ring (bicyclic) bond motifs is 7. The quantitative estimate of drug-likeness (QED) is 0.234. The second kappa shape index (κ2) is 7.55. The highest BCUT2D eigenvalue weighted by Gasteiger charge is 2.15. The van der Waals surface area contributed by atoms with Crippen LogP contribution in [0.1, 0.15) is 0 Å². The maximum atomic E-state index is 2.42. The summed E-state index contributed by atoms with van der Waals surface area (Å²) in [5.74, 6) is 0. The lowest BCUT2D eigenvalue weighted by atomic mass is 10.0. The van der Waals surface area contributed by atoms with Crippen LogP contribution in [-0.2, 0) is 0 Å². The number of para-hydroxylation sites is 1. The smallest absolute Gasteiger partial charge is 0.0541 e. The van der Waals surface area contributed by atoms with Gasteiger partial charge in [0.15, 0.2) is 0 Å². The van der Waals surface area contributed by atoms with Gasteiger partial charge in [0.1, 0.15) is 0 Å². The van der Waals surface area contributed by atoms with E-state index in [1.54, 1.807) is 0 Å². The highest BCUT2D eigenvalue weighted by molar-refractivity contribution is 7.25. The predicted octanol–water partition coefficient (Wildman–Crippen LogP) is 9.97. The molecule has 6 aromatic carbocycles. The largest absolute Gasteiger partial charge is 0.309 e. The minimum atomic E-state index is 1.22. The van der Waals surface area contributed by atoms with Gasteiger partial charge in [-0.25, -0.2) is 0 Å². The Kier molecular flexibility index (Phi) is 4.16. The molecule has 0 fully saturated rings. The van der Waals surface area contributed by atoms with Crippen molar-refractivity contribution in [2.24, 2.45) is 0 Å². The van der Waals surface area contributed by atoms with E-state index in [1.807, 2.05) is 11.3 Å². The van der Waals surface area contributed by atoms with Gasteiger partial charge < -0.3 is 4.57 Å². The van der Waals surface area contributed by atoms with E-state index in [-0.39, 0.29) is 0 Å². The van der Waals surface area contributed by atoms with Gasteiger partial charge in [0, 0.05) is 36.3 Å². The van der Waals surface area contributed by atoms with Crippen molar-refractivity contribution in [1.82, 2.24) is 4.57 Å². The van der Waals surface area contributed by atoms with E-state index in [9.17, 15) is 0 Å². The van der Waals surface area contributed by atoms with E-state index in [2.05, 4.69) is 132 Å². The predicted molar refractivity (Wildman–Crippen MR) is 157 cm³/mol. The topological polar surface area (TPSA) is 4.93 Å². The van der Waals surface area contributed by atoms with Crippen LogP contribution in [0.25, 0.3) is 69.6 Å². The summed E-state index contributed by atoms with van der Waals surface area (Å²) in [6.07, 6.45) is 0. The van der Waals surface area contributed by atoms with E-state index in [0.29, 0.717) is 0 Å². The zero-order valence-electron chi connectivity index (χ0n) is 19.5. The summed E-state index contributed by atoms with van der Waals surface area (Å²) in [5, 5.41) is 7.77. The zero-order chi connectivity index (χ0) is 23.6. The molecule has 8 aromatic rings. The third kappa shape index (κ3) is 2.82. The van der Waals surface area contributed by atoms with Crippen molar-refractivity contribution in [3.63, 3.8) is 0 Å². The molecule has 0 saturated heterocycles. The van der Waals surface area contributed by atoms with Gasteiger partial charge in [-0.05, 0) is 59.0 Å². The molecule has 2 aromatic heterocycles. The molecule has 0 amide bonds. The first-order valence-electron chi connectivity index (χ1n) is 12.3. The van der Waals surface area contributed by atoms with E-state index >= 15 is 0 Å². The van der Waals surface area contributed by atoms with Gasteiger partial charge in [0.05, 0.1) is 16.7 Å². The van der Waals surface area contributed by atoms with Crippen LogP contribution in [0.2, 0.25) is 0 Å². The molecule has 1 nitrogen and oxygen atoms in total. The van der Waals surface area contributed by atoms with Gasteiger partial charge in [0.25, 0.3) is 0 Å². The first-order chi connectivity index (χ1) is 17.8. The van der Waals surface area contributed by atoms with Crippen LogP contribution in [-0.4, -0.2) is 4.57 Å². The van der Waals surface area contributed by atoms with Gasteiger partial charge in [-0.15, -0.1) is 11.3 Å². The molecule has 0 spiro atoms. The van der Waals surface area contributed by atoms with Gasteiger partial charge in [-0.1, -0.05) is 84.9 Å². The highest BCUT2D eigenvalue weighted by Crippen LogP contribution is 2.39. The third-order valence-electron chi connectivity index (χ3n) is 7.39. The fourth-order valence-corrected chi connectivity index (χ4v) is 6.81. The molecule has 2 heterocycles. The molecule has 168 valence electrons. The lowest BCUT2D eigenvalue weighted by Crippen LogP contribution is -1.95. The molecule has 8 rings (SSSR count). The van der Waals surface area contributed by atoms with Gasteiger partial charge in [-0.3, -0.25) is 0 Å². The van der Waals surface area contributed by atoms with Gasteiger partial charge in [-0.2, -0.15) is 0 Å². The number of aromatic nitrogens is 1. The summed E-state index contributed by atoms with van der Waals surface area (Å²) in [5.41, 5.74) is 6.20. The van der Waals surface area contributed by atoms with Crippen molar-refractivity contribution in [3.05, 3.63) is 127 Å². The molecule has 2 heteroatoms. The van der Waals surface area contributed by atoms with Gasteiger partial charge >= 0.3 is 0 Å². The molecule has 0 aliphatic rings. The van der Waals surface area contributed by atoms with Crippen LogP contribution in [0.4, 0.5) is 0 Å². The Labute approximate surface area is 212 Å². The number of thiophene rings is 1. The normalized spacial score (nSPS) is 11.9. The molecular formula is C34H21NS. The molecule has 0 atom stereocenters. The van der Waals surface area contributed by atoms with Crippen molar-refractivity contribution >= 4 is 64.1 Å². The average molecular weight is 476 g/mol. The van der Waals surface area contributed by atoms with Crippen LogP contribution in [0.5, 0.6) is 0 Å². The Balaban J connectivity index is 1.40. The molecule has 0 unspecified atom stereocenters. The van der Waals surface area contributed by atoms with E-state index in [4.69, 9.17) is 0 Å². The van der Waals surface area contributed by atoms with Crippen molar-refractivity contribution in [2.75, 3.05) is 0 Å². The SMILES string of the molecule is c1ccc2c(-n3c4ccccc4c4cc(-c5ccc6sc7ccccc7c6c5)ccc43)cccc2c1. The Morgan fingerprint density at radius 1 is 0.417 bits per heavy atom. The zero-order valence-corrected chi connectivity index (χ0v) is 20.3. The van der Waals surface area contributed by atoms with Crippen LogP contribution in [0, 0.1) is 0 Å². The summed E-state index contributed by atoms with van der Waals surface area (Å²) in [6, 6.07) is 46.6. The van der Waals surface area contributed by atoms with Crippen LogP contribution < -0.4 is 0 Å². The average Bonchev–Trinajstić information content (AvgIpc) is 3.47. The molecule has 0 bridgehead atoms. The first-order valence-corrected chi connectivity index (χ1v) is 13.1. The van der Waals surface area contributed by atoms with Crippen LogP contribution >= 0.6 is 11.3 Å². The Bertz CT molecular complexity index is 2100. The van der Waals surface area contributed by atoms with Crippen molar-refractivity contribution in [3.8, 4) is 16.8 Å². The minimum absolute atomic E-state index is 1.22. The fraction of sp³-hybridized carbons (Fsp3) is 0. The van der Waals surface area contributed by atoms with Crippen molar-refractivity contribution in [1.29, 1.82) is 0 Å². The van der Waals surface area contributed by atoms with Crippen LogP contribution in [0.3, 0.4) is 0 Å². The van der Waals surface area contributed by atoms with Gasteiger partial charge in [0.2, 0.25) is 0 Å². The lowest BCUT2D eigenvalue weighted by molar-refractivity contribution is 1.20. The number of rotatable bonds is 2. The number of hydrogen-bond acceptors (Lipinski definition) is 1. The van der Waals surface area contributed by atoms with Crippen molar-refractivity contribution < 1.29 is 0 Å². The monoisotopic (exact) mass is 475 g/mol. The summed E-state index contributed by atoms with van der Waals surface area (Å²) < 4.78 is 5.11. The summed E-state index contributed by atoms with van der Waals surface area (Å²) in [4.78, 5) is 0. The number of benzene rings is 6. The molecular weight excluding hydrogens is 454 g/mol. The molecule has 0 aliphatic heterocycles. The Morgan fingerprint density at radius 2 is 1.06 bits per heavy atom. The third-order valence-corrected chi connectivity index (χ3v) is 8.54. The van der Waals surface area contributed by atoms with E-state index in [0.717, 1.165) is 0 Å². The summed E-state index contributed by atoms with van der Waals surface area (Å²) >= 11 is 1.87. The molecule has 36 heavy (non-hydrogen) atoms. The second-order valence-electron chi connectivity index (χ2n) is 9.39. The lowest BCUT2D eigenvalue weighted by Gasteiger charge is -2.11. The maximum Gasteiger partial charge on any atom is 0.0541 e. The Hall–Kier alpha value is -4.40. The minimum Gasteiger partial charge on any atom is -0.309 e. The maximum absolute atomic E-state index is 2.42. The van der Waals surface area contributed by atoms with Crippen LogP contribution in [0.15, 0.2) is 127 Å². The summed E-state index contributed by atoms with van der Waals surface area (Å²) in [7, 11) is 0. The first kappa shape index (κ1) is 19.9. The standard InChI is InChI=1S/C34H21NS/c1-2-10-25-22(8-1)9-7-14-30(25)35-31-13-5-3-11-26(31)28-20-23(16-18-32(28)35)24-17-19-34-29(21-24)27-12-4-6-15-33(27)36-34/h1-21H. The molecule has 0 radical (unpaired) electrons. The highest BCUT2D eigenvalue weighted by atomic mass is 32.1. The molecule has 0 N–H and O–H groups in total. The Morgan fingerprint density at radius 3 is 1.97 bits per heavy atom. The summed E-state index contributed by atoms with van der Waals surface area (Å²) in [6.45, 7) is 0. The van der Waals surface area contributed by atoms with Crippen molar-refractivity contribution in [2.45, 2.75) is 0 Å². The molecule has 0 saturated carbocycles. The fourth-order valence-electron chi connectivity index (χ4n) is 5.72.